The van der Waals surface area contributed by atoms with E-state index in [1.165, 1.54) is 44.3 Å². The number of aryl methyl sites for hydroxylation is 1. The fraction of sp³-hybridized carbons (Fsp3) is 0.812. The molecular weight excluding hydrogens is 234 g/mol. The minimum absolute atomic E-state index is 0.588. The van der Waals surface area contributed by atoms with Crippen molar-refractivity contribution in [1.29, 1.82) is 0 Å². The van der Waals surface area contributed by atoms with E-state index in [1.54, 1.807) is 0 Å². The number of hydrogen-bond acceptors (Lipinski definition) is 2. The van der Waals surface area contributed by atoms with Crippen molar-refractivity contribution in [3.63, 3.8) is 0 Å². The van der Waals surface area contributed by atoms with Gasteiger partial charge in [-0.2, -0.15) is 0 Å². The van der Waals surface area contributed by atoms with Gasteiger partial charge in [-0.15, -0.1) is 0 Å². The predicted octanol–water partition coefficient (Wildman–Crippen LogP) is 3.78. The molecule has 0 aliphatic rings. The van der Waals surface area contributed by atoms with Gasteiger partial charge in [-0.1, -0.05) is 39.5 Å². The molecule has 0 radical (unpaired) electrons. The van der Waals surface area contributed by atoms with Crippen molar-refractivity contribution >= 4 is 0 Å². The molecule has 0 aromatic carbocycles. The van der Waals surface area contributed by atoms with Gasteiger partial charge in [0.15, 0.2) is 0 Å². The molecule has 1 heterocycles. The van der Waals surface area contributed by atoms with Crippen LogP contribution in [0.5, 0.6) is 0 Å². The molecule has 0 saturated carbocycles. The second kappa shape index (κ2) is 10.0. The lowest BCUT2D eigenvalue weighted by Gasteiger charge is -2.18. The lowest BCUT2D eigenvalue weighted by molar-refractivity contribution is 0.440. The number of nitrogens with one attached hydrogen (secondary N) is 1. The number of imidazole rings is 1. The Labute approximate surface area is 118 Å². The molecule has 0 fully saturated rings. The van der Waals surface area contributed by atoms with Crippen molar-refractivity contribution in [1.82, 2.24) is 14.9 Å². The number of nitrogens with zero attached hydrogens (tertiary/aromatic N) is 2. The van der Waals surface area contributed by atoms with Crippen LogP contribution in [0.15, 0.2) is 12.4 Å². The minimum atomic E-state index is 0.588. The van der Waals surface area contributed by atoms with Gasteiger partial charge >= 0.3 is 0 Å². The second-order valence-corrected chi connectivity index (χ2v) is 5.33. The summed E-state index contributed by atoms with van der Waals surface area (Å²) in [7, 11) is 0. The van der Waals surface area contributed by atoms with Gasteiger partial charge in [0.1, 0.15) is 5.82 Å². The molecule has 0 saturated heterocycles. The Morgan fingerprint density at radius 3 is 2.68 bits per heavy atom. The number of hydrogen-bond donors (Lipinski definition) is 1. The largest absolute Gasteiger partial charge is 0.335 e. The zero-order valence-corrected chi connectivity index (χ0v) is 13.0. The lowest BCUT2D eigenvalue weighted by atomic mass is 10.0. The van der Waals surface area contributed by atoms with Crippen molar-refractivity contribution in [2.45, 2.75) is 78.3 Å². The van der Waals surface area contributed by atoms with Gasteiger partial charge in [0.25, 0.3) is 0 Å². The topological polar surface area (TPSA) is 29.9 Å². The lowest BCUT2D eigenvalue weighted by Crippen LogP contribution is -2.32. The first kappa shape index (κ1) is 16.2. The first-order valence-corrected chi connectivity index (χ1v) is 8.05. The molecule has 3 nitrogen and oxygen atoms in total. The third kappa shape index (κ3) is 6.24. The summed E-state index contributed by atoms with van der Waals surface area (Å²) in [6.07, 6.45) is 12.9. The standard InChI is InChI=1S/C16H31N3/c1-4-7-8-9-10-15(17-11-5-2)14-16-18-12-13-19(16)6-3/h12-13,15,17H,4-11,14H2,1-3H3. The maximum Gasteiger partial charge on any atom is 0.110 e. The van der Waals surface area contributed by atoms with Gasteiger partial charge in [-0.05, 0) is 26.3 Å². The zero-order chi connectivity index (χ0) is 13.9. The van der Waals surface area contributed by atoms with Gasteiger partial charge in [0.05, 0.1) is 0 Å². The first-order chi connectivity index (χ1) is 9.31. The van der Waals surface area contributed by atoms with E-state index in [0.717, 1.165) is 19.5 Å². The van der Waals surface area contributed by atoms with Gasteiger partial charge in [-0.25, -0.2) is 4.98 Å². The molecule has 0 amide bonds. The molecule has 19 heavy (non-hydrogen) atoms. The molecule has 0 spiro atoms. The molecule has 1 rings (SSSR count). The van der Waals surface area contributed by atoms with Crippen LogP contribution in [0.4, 0.5) is 0 Å². The van der Waals surface area contributed by atoms with Crippen LogP contribution in [-0.2, 0) is 13.0 Å². The van der Waals surface area contributed by atoms with E-state index >= 15 is 0 Å². The van der Waals surface area contributed by atoms with Gasteiger partial charge < -0.3 is 9.88 Å². The van der Waals surface area contributed by atoms with E-state index in [2.05, 4.69) is 41.8 Å². The summed E-state index contributed by atoms with van der Waals surface area (Å²) >= 11 is 0. The van der Waals surface area contributed by atoms with E-state index in [-0.39, 0.29) is 0 Å². The van der Waals surface area contributed by atoms with E-state index in [9.17, 15) is 0 Å². The molecule has 1 N–H and O–H groups in total. The quantitative estimate of drug-likeness (QED) is 0.617. The van der Waals surface area contributed by atoms with Crippen molar-refractivity contribution in [2.75, 3.05) is 6.54 Å². The van der Waals surface area contributed by atoms with Crippen LogP contribution in [0.25, 0.3) is 0 Å². The van der Waals surface area contributed by atoms with Crippen molar-refractivity contribution in [3.8, 4) is 0 Å². The highest BCUT2D eigenvalue weighted by molar-refractivity contribution is 4.95. The highest BCUT2D eigenvalue weighted by atomic mass is 15.1. The molecule has 0 bridgehead atoms. The monoisotopic (exact) mass is 265 g/mol. The molecule has 0 aliphatic carbocycles. The van der Waals surface area contributed by atoms with Gasteiger partial charge in [0, 0.05) is 31.4 Å². The average molecular weight is 265 g/mol. The van der Waals surface area contributed by atoms with E-state index < -0.39 is 0 Å². The summed E-state index contributed by atoms with van der Waals surface area (Å²) in [6, 6.07) is 0.588. The normalized spacial score (nSPS) is 12.8. The molecule has 1 aromatic heterocycles. The van der Waals surface area contributed by atoms with Gasteiger partial charge in [-0.3, -0.25) is 0 Å². The third-order valence-corrected chi connectivity index (χ3v) is 3.66. The SMILES string of the molecule is CCCCCCC(Cc1nccn1CC)NCCC. The Kier molecular flexibility index (Phi) is 8.55. The summed E-state index contributed by atoms with van der Waals surface area (Å²) in [4.78, 5) is 4.50. The molecule has 1 aromatic rings. The van der Waals surface area contributed by atoms with E-state index in [1.807, 2.05) is 6.20 Å². The highest BCUT2D eigenvalue weighted by Crippen LogP contribution is 2.10. The highest BCUT2D eigenvalue weighted by Gasteiger charge is 2.11. The van der Waals surface area contributed by atoms with Crippen LogP contribution in [0, 0.1) is 0 Å². The van der Waals surface area contributed by atoms with Crippen molar-refractivity contribution < 1.29 is 0 Å². The Balaban J connectivity index is 2.43. The second-order valence-electron chi connectivity index (χ2n) is 5.33. The molecular formula is C16H31N3. The van der Waals surface area contributed by atoms with Crippen LogP contribution >= 0.6 is 0 Å². The van der Waals surface area contributed by atoms with Crippen LogP contribution in [0.1, 0.15) is 65.1 Å². The summed E-state index contributed by atoms with van der Waals surface area (Å²) in [6.45, 7) is 8.82. The number of unbranched alkanes of at least 4 members (excludes halogenated alkanes) is 3. The molecule has 1 unspecified atom stereocenters. The Hall–Kier alpha value is -0.830. The number of aromatic nitrogens is 2. The molecule has 3 heteroatoms. The average Bonchev–Trinajstić information content (AvgIpc) is 2.87. The maximum absolute atomic E-state index is 4.50. The minimum Gasteiger partial charge on any atom is -0.335 e. The van der Waals surface area contributed by atoms with Crippen molar-refractivity contribution in [2.24, 2.45) is 0 Å². The van der Waals surface area contributed by atoms with Crippen LogP contribution < -0.4 is 5.32 Å². The summed E-state index contributed by atoms with van der Waals surface area (Å²) in [5, 5.41) is 3.68. The van der Waals surface area contributed by atoms with Crippen LogP contribution in [0.2, 0.25) is 0 Å². The van der Waals surface area contributed by atoms with E-state index in [0.29, 0.717) is 6.04 Å². The number of rotatable bonds is 11. The fourth-order valence-electron chi connectivity index (χ4n) is 2.48. The predicted molar refractivity (Wildman–Crippen MR) is 82.4 cm³/mol. The van der Waals surface area contributed by atoms with Gasteiger partial charge in [0.2, 0.25) is 0 Å². The molecule has 1 atom stereocenters. The summed E-state index contributed by atoms with van der Waals surface area (Å²) in [5.41, 5.74) is 0. The Morgan fingerprint density at radius 2 is 2.00 bits per heavy atom. The smallest absolute Gasteiger partial charge is 0.110 e. The molecule has 0 aliphatic heterocycles. The van der Waals surface area contributed by atoms with Crippen LogP contribution in [-0.4, -0.2) is 22.1 Å². The van der Waals surface area contributed by atoms with E-state index in [4.69, 9.17) is 0 Å². The fourth-order valence-corrected chi connectivity index (χ4v) is 2.48. The Bertz CT molecular complexity index is 320. The first-order valence-electron chi connectivity index (χ1n) is 8.05. The third-order valence-electron chi connectivity index (χ3n) is 3.66. The van der Waals surface area contributed by atoms with Crippen LogP contribution in [0.3, 0.4) is 0 Å². The Morgan fingerprint density at radius 1 is 1.16 bits per heavy atom. The van der Waals surface area contributed by atoms with Crippen molar-refractivity contribution in [3.05, 3.63) is 18.2 Å². The molecule has 110 valence electrons. The summed E-state index contributed by atoms with van der Waals surface area (Å²) < 4.78 is 2.26. The zero-order valence-electron chi connectivity index (χ0n) is 13.0. The summed E-state index contributed by atoms with van der Waals surface area (Å²) in [5.74, 6) is 1.23. The maximum atomic E-state index is 4.50.